The largest absolute Gasteiger partial charge is 0.367 e. The van der Waals surface area contributed by atoms with Crippen molar-refractivity contribution < 1.29 is 14.0 Å². The monoisotopic (exact) mass is 316 g/mol. The molecule has 0 spiro atoms. The van der Waals surface area contributed by atoms with Crippen molar-refractivity contribution >= 4 is 23.3 Å². The van der Waals surface area contributed by atoms with E-state index in [2.05, 4.69) is 15.6 Å². The quantitative estimate of drug-likeness (QED) is 0.763. The van der Waals surface area contributed by atoms with E-state index in [1.165, 1.54) is 6.20 Å². The number of urea groups is 1. The van der Waals surface area contributed by atoms with Crippen LogP contribution in [-0.4, -0.2) is 23.1 Å². The second-order valence-corrected chi connectivity index (χ2v) is 4.93. The molecule has 2 rings (SSSR count). The Hall–Kier alpha value is -2.96. The third-order valence-electron chi connectivity index (χ3n) is 3.10. The van der Waals surface area contributed by atoms with E-state index in [1.807, 2.05) is 0 Å². The average Bonchev–Trinajstić information content (AvgIpc) is 2.53. The topological polar surface area (TPSA) is 97.1 Å². The standard InChI is InChI=1S/C16H17FN4O2/c17-14(15(18)22)7-6-11-3-1-4-12(9-11)20-16(23)21-13-5-2-8-19-10-13/h1-5,8-10,14H,6-7H2,(H2,18,22)(H2,20,21,23)/t14-/m0/s1. The number of hydrogen-bond acceptors (Lipinski definition) is 3. The fraction of sp³-hybridized carbons (Fsp3) is 0.188. The smallest absolute Gasteiger partial charge is 0.323 e. The lowest BCUT2D eigenvalue weighted by Crippen LogP contribution is -2.24. The van der Waals surface area contributed by atoms with E-state index in [-0.39, 0.29) is 6.42 Å². The highest BCUT2D eigenvalue weighted by molar-refractivity contribution is 5.99. The number of aryl methyl sites for hydroxylation is 1. The molecule has 0 aliphatic rings. The molecule has 120 valence electrons. The number of halogens is 1. The molecule has 0 unspecified atom stereocenters. The van der Waals surface area contributed by atoms with E-state index in [0.717, 1.165) is 5.56 Å². The van der Waals surface area contributed by atoms with Crippen LogP contribution in [0.25, 0.3) is 0 Å². The minimum atomic E-state index is -1.67. The number of pyridine rings is 1. The van der Waals surface area contributed by atoms with Gasteiger partial charge in [-0.3, -0.25) is 9.78 Å². The number of carbonyl (C=O) groups is 2. The molecule has 7 heteroatoms. The van der Waals surface area contributed by atoms with E-state index >= 15 is 0 Å². The van der Waals surface area contributed by atoms with Crippen molar-refractivity contribution in [3.05, 3.63) is 54.4 Å². The summed E-state index contributed by atoms with van der Waals surface area (Å²) in [6.07, 6.45) is 1.84. The number of anilines is 2. The SMILES string of the molecule is NC(=O)[C@@H](F)CCc1cccc(NC(=O)Nc2cccnc2)c1. The maximum Gasteiger partial charge on any atom is 0.323 e. The van der Waals surface area contributed by atoms with Crippen LogP contribution >= 0.6 is 0 Å². The summed E-state index contributed by atoms with van der Waals surface area (Å²) in [6.45, 7) is 0. The molecule has 2 aromatic rings. The maximum atomic E-state index is 13.2. The lowest BCUT2D eigenvalue weighted by atomic mass is 10.1. The summed E-state index contributed by atoms with van der Waals surface area (Å²) in [6, 6.07) is 9.99. The van der Waals surface area contributed by atoms with Crippen molar-refractivity contribution in [1.29, 1.82) is 0 Å². The predicted octanol–water partition coefficient (Wildman–Crippen LogP) is 2.48. The molecule has 4 N–H and O–H groups in total. The fourth-order valence-corrected chi connectivity index (χ4v) is 1.97. The third-order valence-corrected chi connectivity index (χ3v) is 3.10. The Balaban J connectivity index is 1.91. The Bertz CT molecular complexity index is 679. The van der Waals surface area contributed by atoms with Gasteiger partial charge in [-0.1, -0.05) is 12.1 Å². The first kappa shape index (κ1) is 16.4. The highest BCUT2D eigenvalue weighted by Crippen LogP contribution is 2.14. The van der Waals surface area contributed by atoms with Gasteiger partial charge in [0.05, 0.1) is 11.9 Å². The van der Waals surface area contributed by atoms with Crippen LogP contribution in [0.5, 0.6) is 0 Å². The maximum absolute atomic E-state index is 13.2. The van der Waals surface area contributed by atoms with Gasteiger partial charge in [0.1, 0.15) is 0 Å². The zero-order valence-corrected chi connectivity index (χ0v) is 12.3. The Morgan fingerprint density at radius 2 is 1.91 bits per heavy atom. The van der Waals surface area contributed by atoms with Gasteiger partial charge in [-0.25, -0.2) is 9.18 Å². The number of primary amides is 1. The summed E-state index contributed by atoms with van der Waals surface area (Å²) >= 11 is 0. The molecule has 1 atom stereocenters. The molecule has 0 radical (unpaired) electrons. The zero-order chi connectivity index (χ0) is 16.7. The van der Waals surface area contributed by atoms with Crippen LogP contribution in [0, 0.1) is 0 Å². The highest BCUT2D eigenvalue weighted by Gasteiger charge is 2.13. The Morgan fingerprint density at radius 3 is 2.61 bits per heavy atom. The van der Waals surface area contributed by atoms with Gasteiger partial charge in [0.2, 0.25) is 0 Å². The number of aromatic nitrogens is 1. The summed E-state index contributed by atoms with van der Waals surface area (Å²) in [5, 5.41) is 5.32. The Labute approximate surface area is 132 Å². The number of amides is 3. The summed E-state index contributed by atoms with van der Waals surface area (Å²) in [5.41, 5.74) is 6.82. The van der Waals surface area contributed by atoms with Gasteiger partial charge in [-0.15, -0.1) is 0 Å². The van der Waals surface area contributed by atoms with Crippen molar-refractivity contribution in [1.82, 2.24) is 4.98 Å². The predicted molar refractivity (Wildman–Crippen MR) is 85.7 cm³/mol. The fourth-order valence-electron chi connectivity index (χ4n) is 1.97. The first-order chi connectivity index (χ1) is 11.0. The lowest BCUT2D eigenvalue weighted by molar-refractivity contribution is -0.122. The number of hydrogen-bond donors (Lipinski definition) is 3. The number of alkyl halides is 1. The van der Waals surface area contributed by atoms with E-state index in [4.69, 9.17) is 5.73 Å². The second kappa shape index (κ2) is 7.88. The molecule has 0 aliphatic heterocycles. The molecule has 0 aliphatic carbocycles. The molecule has 3 amide bonds. The van der Waals surface area contributed by atoms with E-state index in [0.29, 0.717) is 17.8 Å². The normalized spacial score (nSPS) is 11.5. The number of nitrogens with two attached hydrogens (primary N) is 1. The van der Waals surface area contributed by atoms with Gasteiger partial charge in [0.15, 0.2) is 6.17 Å². The summed E-state index contributed by atoms with van der Waals surface area (Å²) in [4.78, 5) is 26.5. The molecule has 6 nitrogen and oxygen atoms in total. The van der Waals surface area contributed by atoms with Crippen molar-refractivity contribution in [2.75, 3.05) is 10.6 Å². The number of rotatable bonds is 6. The van der Waals surface area contributed by atoms with Crippen LogP contribution in [0.15, 0.2) is 48.8 Å². The van der Waals surface area contributed by atoms with Crippen LogP contribution < -0.4 is 16.4 Å². The van der Waals surface area contributed by atoms with E-state index in [9.17, 15) is 14.0 Å². The molecule has 1 aromatic carbocycles. The molecular weight excluding hydrogens is 299 g/mol. The van der Waals surface area contributed by atoms with Crippen molar-refractivity contribution in [3.63, 3.8) is 0 Å². The molecule has 0 bridgehead atoms. The van der Waals surface area contributed by atoms with E-state index < -0.39 is 18.1 Å². The minimum absolute atomic E-state index is 0.0146. The van der Waals surface area contributed by atoms with Crippen molar-refractivity contribution in [2.24, 2.45) is 5.73 Å². The average molecular weight is 316 g/mol. The second-order valence-electron chi connectivity index (χ2n) is 4.93. The minimum Gasteiger partial charge on any atom is -0.367 e. The van der Waals surface area contributed by atoms with Crippen molar-refractivity contribution in [2.45, 2.75) is 19.0 Å². The molecule has 1 heterocycles. The Kier molecular flexibility index (Phi) is 5.62. The van der Waals surface area contributed by atoms with Gasteiger partial charge < -0.3 is 16.4 Å². The van der Waals surface area contributed by atoms with Crippen LogP contribution in [0.4, 0.5) is 20.6 Å². The summed E-state index contributed by atoms with van der Waals surface area (Å²) in [5.74, 6) is -0.963. The molecular formula is C16H17FN4O2. The zero-order valence-electron chi connectivity index (χ0n) is 12.3. The van der Waals surface area contributed by atoms with E-state index in [1.54, 1.807) is 42.6 Å². The highest BCUT2D eigenvalue weighted by atomic mass is 19.1. The molecule has 0 saturated heterocycles. The third kappa shape index (κ3) is 5.39. The summed E-state index contributed by atoms with van der Waals surface area (Å²) in [7, 11) is 0. The number of nitrogens with zero attached hydrogens (tertiary/aromatic N) is 1. The summed E-state index contributed by atoms with van der Waals surface area (Å²) < 4.78 is 13.2. The van der Waals surface area contributed by atoms with Gasteiger partial charge in [-0.05, 0) is 42.7 Å². The van der Waals surface area contributed by atoms with Crippen LogP contribution in [0.2, 0.25) is 0 Å². The van der Waals surface area contributed by atoms with Crippen LogP contribution in [-0.2, 0) is 11.2 Å². The Morgan fingerprint density at radius 1 is 1.17 bits per heavy atom. The molecule has 23 heavy (non-hydrogen) atoms. The van der Waals surface area contributed by atoms with Gasteiger partial charge in [-0.2, -0.15) is 0 Å². The van der Waals surface area contributed by atoms with Crippen LogP contribution in [0.3, 0.4) is 0 Å². The van der Waals surface area contributed by atoms with Gasteiger partial charge in [0, 0.05) is 11.9 Å². The lowest BCUT2D eigenvalue weighted by Gasteiger charge is -2.09. The molecule has 1 aromatic heterocycles. The first-order valence-electron chi connectivity index (χ1n) is 7.05. The number of carbonyl (C=O) groups excluding carboxylic acids is 2. The first-order valence-corrected chi connectivity index (χ1v) is 7.05. The van der Waals surface area contributed by atoms with Crippen LogP contribution in [0.1, 0.15) is 12.0 Å². The molecule has 0 saturated carbocycles. The number of nitrogens with one attached hydrogen (secondary N) is 2. The van der Waals surface area contributed by atoms with Gasteiger partial charge >= 0.3 is 6.03 Å². The van der Waals surface area contributed by atoms with Gasteiger partial charge in [0.25, 0.3) is 5.91 Å². The molecule has 0 fully saturated rings. The van der Waals surface area contributed by atoms with Crippen molar-refractivity contribution in [3.8, 4) is 0 Å². The number of benzene rings is 1.